The number of fused-ring (bicyclic) bond motifs is 1. The van der Waals surface area contributed by atoms with Gasteiger partial charge < -0.3 is 20.7 Å². The van der Waals surface area contributed by atoms with Crippen LogP contribution in [-0.4, -0.2) is 53.7 Å². The van der Waals surface area contributed by atoms with Crippen LogP contribution in [0.5, 0.6) is 5.75 Å². The number of nitrogens with two attached hydrogens (primary N) is 1. The summed E-state index contributed by atoms with van der Waals surface area (Å²) in [6.45, 7) is -1.09. The SMILES string of the molecule is NC(=O)c1nn(-c2ccc(OC(F)F)cc2)c2c1CCN(c1ccc(C3=NCCN3)cc1)C2=O. The third kappa shape index (κ3) is 3.85. The molecule has 0 radical (unpaired) electrons. The van der Waals surface area contributed by atoms with Crippen LogP contribution in [0.15, 0.2) is 53.5 Å². The molecule has 3 N–H and O–H groups in total. The molecule has 0 fully saturated rings. The number of hydrogen-bond acceptors (Lipinski definition) is 6. The van der Waals surface area contributed by atoms with Crippen molar-refractivity contribution in [1.82, 2.24) is 15.1 Å². The Kier molecular flexibility index (Phi) is 5.44. The van der Waals surface area contributed by atoms with Gasteiger partial charge in [0.05, 0.1) is 12.2 Å². The highest BCUT2D eigenvalue weighted by Gasteiger charge is 2.34. The molecule has 0 saturated heterocycles. The van der Waals surface area contributed by atoms with Gasteiger partial charge in [-0.3, -0.25) is 14.6 Å². The van der Waals surface area contributed by atoms with Gasteiger partial charge in [-0.1, -0.05) is 0 Å². The number of ether oxygens (including phenoxy) is 1. The van der Waals surface area contributed by atoms with Crippen LogP contribution in [0.25, 0.3) is 5.69 Å². The number of aliphatic imine (C=N–C) groups is 1. The van der Waals surface area contributed by atoms with Gasteiger partial charge in [0.25, 0.3) is 11.8 Å². The van der Waals surface area contributed by atoms with Crippen LogP contribution in [0.3, 0.4) is 0 Å². The van der Waals surface area contributed by atoms with Crippen molar-refractivity contribution in [2.75, 3.05) is 24.5 Å². The third-order valence-electron chi connectivity index (χ3n) is 5.68. The largest absolute Gasteiger partial charge is 0.435 e. The third-order valence-corrected chi connectivity index (χ3v) is 5.68. The number of nitrogens with zero attached hydrogens (tertiary/aromatic N) is 4. The number of amidine groups is 1. The summed E-state index contributed by atoms with van der Waals surface area (Å²) in [7, 11) is 0. The molecule has 0 bridgehead atoms. The fourth-order valence-electron chi connectivity index (χ4n) is 4.15. The Morgan fingerprint density at radius 3 is 2.41 bits per heavy atom. The van der Waals surface area contributed by atoms with Gasteiger partial charge in [0.15, 0.2) is 5.69 Å². The molecule has 0 spiro atoms. The number of carbonyl (C=O) groups excluding carboxylic acids is 2. The molecule has 11 heteroatoms. The summed E-state index contributed by atoms with van der Waals surface area (Å²) in [6, 6.07) is 13.1. The lowest BCUT2D eigenvalue weighted by atomic mass is 10.0. The minimum absolute atomic E-state index is 0.0107. The van der Waals surface area contributed by atoms with Gasteiger partial charge in [-0.15, -0.1) is 0 Å². The molecule has 0 saturated carbocycles. The number of halogens is 2. The second-order valence-electron chi connectivity index (χ2n) is 7.73. The Bertz CT molecular complexity index is 1290. The van der Waals surface area contributed by atoms with Crippen LogP contribution in [-0.2, 0) is 6.42 Å². The van der Waals surface area contributed by atoms with Crippen LogP contribution in [0.2, 0.25) is 0 Å². The summed E-state index contributed by atoms with van der Waals surface area (Å²) in [6.07, 6.45) is 0.377. The van der Waals surface area contributed by atoms with Crippen molar-refractivity contribution >= 4 is 23.3 Å². The molecule has 9 nitrogen and oxygen atoms in total. The van der Waals surface area contributed by atoms with Crippen molar-refractivity contribution in [2.45, 2.75) is 13.0 Å². The summed E-state index contributed by atoms with van der Waals surface area (Å²) in [5.74, 6) is -0.312. The fraction of sp³-hybridized carbons (Fsp3) is 0.217. The van der Waals surface area contributed by atoms with Crippen LogP contribution in [0, 0.1) is 0 Å². The van der Waals surface area contributed by atoms with Gasteiger partial charge in [0, 0.05) is 29.9 Å². The van der Waals surface area contributed by atoms with Crippen LogP contribution in [0.4, 0.5) is 14.5 Å². The van der Waals surface area contributed by atoms with Crippen molar-refractivity contribution in [3.05, 3.63) is 71.0 Å². The number of carbonyl (C=O) groups is 2. The number of nitrogens with one attached hydrogen (secondary N) is 1. The predicted octanol–water partition coefficient (Wildman–Crippen LogP) is 2.13. The van der Waals surface area contributed by atoms with Gasteiger partial charge in [-0.05, 0) is 55.0 Å². The van der Waals surface area contributed by atoms with E-state index in [1.165, 1.54) is 28.9 Å². The van der Waals surface area contributed by atoms with E-state index in [0.717, 1.165) is 24.5 Å². The quantitative estimate of drug-likeness (QED) is 0.578. The summed E-state index contributed by atoms with van der Waals surface area (Å²) < 4.78 is 30.7. The smallest absolute Gasteiger partial charge is 0.387 e. The van der Waals surface area contributed by atoms with E-state index in [0.29, 0.717) is 29.9 Å². The highest BCUT2D eigenvalue weighted by atomic mass is 19.3. The molecule has 34 heavy (non-hydrogen) atoms. The zero-order valence-electron chi connectivity index (χ0n) is 17.9. The van der Waals surface area contributed by atoms with Crippen molar-refractivity contribution in [3.8, 4) is 11.4 Å². The summed E-state index contributed by atoms with van der Waals surface area (Å²) in [5.41, 5.74) is 8.21. The van der Waals surface area contributed by atoms with Crippen molar-refractivity contribution in [1.29, 1.82) is 0 Å². The normalized spacial score (nSPS) is 15.2. The van der Waals surface area contributed by atoms with Gasteiger partial charge in [-0.25, -0.2) is 4.68 Å². The lowest BCUT2D eigenvalue weighted by Gasteiger charge is -2.28. The zero-order valence-corrected chi connectivity index (χ0v) is 17.9. The summed E-state index contributed by atoms with van der Waals surface area (Å²) in [4.78, 5) is 31.6. The molecule has 5 rings (SSSR count). The summed E-state index contributed by atoms with van der Waals surface area (Å²) >= 11 is 0. The first-order chi connectivity index (χ1) is 16.4. The number of anilines is 1. The van der Waals surface area contributed by atoms with Crippen molar-refractivity contribution in [2.24, 2.45) is 10.7 Å². The topological polar surface area (TPSA) is 115 Å². The average Bonchev–Trinajstić information content (AvgIpc) is 3.49. The van der Waals surface area contributed by atoms with Crippen molar-refractivity contribution in [3.63, 3.8) is 0 Å². The molecule has 2 amide bonds. The first-order valence-electron chi connectivity index (χ1n) is 10.6. The zero-order chi connectivity index (χ0) is 23.8. The van der Waals surface area contributed by atoms with Gasteiger partial charge in [0.1, 0.15) is 17.3 Å². The Morgan fingerprint density at radius 2 is 1.79 bits per heavy atom. The molecule has 0 unspecified atom stereocenters. The van der Waals surface area contributed by atoms with E-state index in [9.17, 15) is 18.4 Å². The molecule has 174 valence electrons. The van der Waals surface area contributed by atoms with Crippen LogP contribution >= 0.6 is 0 Å². The molecular weight excluding hydrogens is 446 g/mol. The molecule has 2 aliphatic heterocycles. The highest BCUT2D eigenvalue weighted by molar-refractivity contribution is 6.10. The van der Waals surface area contributed by atoms with E-state index in [-0.39, 0.29) is 23.0 Å². The van der Waals surface area contributed by atoms with E-state index in [2.05, 4.69) is 20.1 Å². The number of rotatable bonds is 6. The minimum Gasteiger partial charge on any atom is -0.435 e. The Morgan fingerprint density at radius 1 is 1.09 bits per heavy atom. The molecule has 2 aliphatic rings. The maximum Gasteiger partial charge on any atom is 0.387 e. The maximum atomic E-state index is 13.6. The number of benzene rings is 2. The molecule has 2 aromatic carbocycles. The first-order valence-corrected chi connectivity index (χ1v) is 10.6. The maximum absolute atomic E-state index is 13.6. The molecule has 0 atom stereocenters. The number of amides is 2. The Hall–Kier alpha value is -4.28. The van der Waals surface area contributed by atoms with E-state index >= 15 is 0 Å². The lowest BCUT2D eigenvalue weighted by Crippen LogP contribution is -2.39. The second-order valence-corrected chi connectivity index (χ2v) is 7.73. The Balaban J connectivity index is 1.50. The van der Waals surface area contributed by atoms with Gasteiger partial charge in [0.2, 0.25) is 0 Å². The number of aromatic nitrogens is 2. The summed E-state index contributed by atoms with van der Waals surface area (Å²) in [5, 5.41) is 7.49. The average molecular weight is 466 g/mol. The monoisotopic (exact) mass is 466 g/mol. The number of alkyl halides is 2. The van der Waals surface area contributed by atoms with Crippen molar-refractivity contribution < 1.29 is 23.1 Å². The second kappa shape index (κ2) is 8.58. The van der Waals surface area contributed by atoms with E-state index in [1.54, 1.807) is 4.90 Å². The molecule has 3 heterocycles. The molecule has 0 aliphatic carbocycles. The fourth-order valence-corrected chi connectivity index (χ4v) is 4.15. The first kappa shape index (κ1) is 21.6. The van der Waals surface area contributed by atoms with E-state index in [4.69, 9.17) is 5.73 Å². The number of hydrogen-bond donors (Lipinski definition) is 2. The molecular formula is C23H20F2N6O3. The van der Waals surface area contributed by atoms with E-state index < -0.39 is 12.5 Å². The van der Waals surface area contributed by atoms with E-state index in [1.807, 2.05) is 24.3 Å². The van der Waals surface area contributed by atoms with Crippen LogP contribution < -0.4 is 20.7 Å². The van der Waals surface area contributed by atoms with Crippen LogP contribution in [0.1, 0.15) is 32.1 Å². The standard InChI is InChI=1S/C23H20F2N6O3/c24-23(25)34-16-7-5-15(6-8-16)31-19-17(18(29-31)20(26)32)9-12-30(22(19)33)14-3-1-13(2-4-14)21-27-10-11-28-21/h1-8,23H,9-12H2,(H2,26,32)(H,27,28). The molecule has 1 aromatic heterocycles. The highest BCUT2D eigenvalue weighted by Crippen LogP contribution is 2.29. The number of primary amides is 1. The minimum atomic E-state index is -2.96. The van der Waals surface area contributed by atoms with Gasteiger partial charge in [-0.2, -0.15) is 13.9 Å². The lowest BCUT2D eigenvalue weighted by molar-refractivity contribution is -0.0498. The Labute approximate surface area is 192 Å². The predicted molar refractivity (Wildman–Crippen MR) is 120 cm³/mol. The van der Waals surface area contributed by atoms with Gasteiger partial charge >= 0.3 is 6.61 Å². The molecule has 3 aromatic rings.